The first kappa shape index (κ1) is 6.94. The van der Waals surface area contributed by atoms with Gasteiger partial charge in [0, 0.05) is 0 Å². The molecule has 0 aromatic carbocycles. The minimum Gasteiger partial charge on any atom is -0.218 e. The molecule has 0 amide bonds. The highest BCUT2D eigenvalue weighted by atomic mass is 35.5. The maximum Gasteiger partial charge on any atom is 0.224 e. The topological polar surface area (TPSA) is 50.5 Å². The van der Waals surface area contributed by atoms with E-state index < -0.39 is 0 Å². The van der Waals surface area contributed by atoms with Gasteiger partial charge in [0.05, 0.1) is 5.69 Å². The van der Waals surface area contributed by atoms with Crippen LogP contribution in [0, 0.1) is 0 Å². The van der Waals surface area contributed by atoms with Gasteiger partial charge >= 0.3 is 0 Å². The normalized spacial score (nSPS) is 13.6. The van der Waals surface area contributed by atoms with Crippen LogP contribution in [0.5, 0.6) is 0 Å². The van der Waals surface area contributed by atoms with E-state index in [-0.39, 0.29) is 10.4 Å². The minimum absolute atomic E-state index is 0.140. The Morgan fingerprint density at radius 1 is 1.18 bits per heavy atom. The molecule has 4 nitrogen and oxygen atoms in total. The number of hydrogen-bond donors (Lipinski definition) is 0. The van der Waals surface area contributed by atoms with Crippen molar-refractivity contribution in [2.24, 2.45) is 10.2 Å². The van der Waals surface area contributed by atoms with E-state index in [1.165, 1.54) is 0 Å². The average Bonchev–Trinajstić information content (AvgIpc) is 2.34. The lowest BCUT2D eigenvalue weighted by Crippen LogP contribution is -1.88. The third kappa shape index (κ3) is 1.08. The second kappa shape index (κ2) is 2.39. The van der Waals surface area contributed by atoms with E-state index >= 15 is 0 Å². The maximum absolute atomic E-state index is 5.69. The number of halogens is 2. The Labute approximate surface area is 72.3 Å². The van der Waals surface area contributed by atoms with Crippen LogP contribution in [0.25, 0.3) is 0 Å². The Hall–Kier alpha value is -0.740. The number of rotatable bonds is 0. The zero-order valence-electron chi connectivity index (χ0n) is 5.25. The lowest BCUT2D eigenvalue weighted by atomic mass is 10.4. The summed E-state index contributed by atoms with van der Waals surface area (Å²) in [6, 6.07) is 0. The minimum atomic E-state index is 0.140. The summed E-state index contributed by atoms with van der Waals surface area (Å²) >= 11 is 11.2. The molecule has 2 rings (SSSR count). The largest absolute Gasteiger partial charge is 0.224 e. The van der Waals surface area contributed by atoms with Crippen LogP contribution in [-0.4, -0.2) is 9.97 Å². The first-order valence-corrected chi connectivity index (χ1v) is 3.62. The molecule has 6 heteroatoms. The van der Waals surface area contributed by atoms with Gasteiger partial charge in [-0.2, -0.15) is 10.2 Å². The molecular formula is C5H2Cl2N4. The van der Waals surface area contributed by atoms with Crippen LogP contribution in [0.3, 0.4) is 0 Å². The Morgan fingerprint density at radius 2 is 2.00 bits per heavy atom. The molecule has 11 heavy (non-hydrogen) atoms. The summed E-state index contributed by atoms with van der Waals surface area (Å²) in [6.07, 6.45) is 0. The van der Waals surface area contributed by atoms with Crippen LogP contribution in [0.1, 0.15) is 5.69 Å². The molecule has 0 radical (unpaired) electrons. The number of nitrogens with zero attached hydrogens (tertiary/aromatic N) is 4. The van der Waals surface area contributed by atoms with E-state index in [4.69, 9.17) is 23.2 Å². The second-order valence-corrected chi connectivity index (χ2v) is 2.67. The molecule has 0 atom stereocenters. The van der Waals surface area contributed by atoms with Gasteiger partial charge in [-0.1, -0.05) is 11.6 Å². The third-order valence-electron chi connectivity index (χ3n) is 1.28. The van der Waals surface area contributed by atoms with Gasteiger partial charge < -0.3 is 0 Å². The van der Waals surface area contributed by atoms with Crippen LogP contribution in [0.4, 0.5) is 5.69 Å². The van der Waals surface area contributed by atoms with E-state index in [9.17, 15) is 0 Å². The summed E-state index contributed by atoms with van der Waals surface area (Å²) in [5.41, 5.74) is 1.23. The third-order valence-corrected chi connectivity index (χ3v) is 1.71. The van der Waals surface area contributed by atoms with Crippen molar-refractivity contribution in [3.05, 3.63) is 16.1 Å². The molecule has 0 spiro atoms. The second-order valence-electron chi connectivity index (χ2n) is 1.98. The van der Waals surface area contributed by atoms with Gasteiger partial charge in [-0.05, 0) is 11.6 Å². The van der Waals surface area contributed by atoms with Crippen molar-refractivity contribution < 1.29 is 0 Å². The van der Waals surface area contributed by atoms with Crippen molar-refractivity contribution in [3.63, 3.8) is 0 Å². The van der Waals surface area contributed by atoms with Gasteiger partial charge in [0.1, 0.15) is 12.2 Å². The fraction of sp³-hybridized carbons (Fsp3) is 0.200. The SMILES string of the molecule is Clc1nc(Cl)c2c(n1)CN=N2. The van der Waals surface area contributed by atoms with Crippen molar-refractivity contribution >= 4 is 28.9 Å². The Kier molecular flexibility index (Phi) is 1.51. The molecule has 0 bridgehead atoms. The Balaban J connectivity index is 2.67. The van der Waals surface area contributed by atoms with E-state index in [0.29, 0.717) is 17.9 Å². The fourth-order valence-electron chi connectivity index (χ4n) is 0.825. The van der Waals surface area contributed by atoms with E-state index in [1.807, 2.05) is 0 Å². The number of aromatic nitrogens is 2. The molecule has 1 aliphatic rings. The van der Waals surface area contributed by atoms with E-state index in [2.05, 4.69) is 20.2 Å². The van der Waals surface area contributed by atoms with Crippen molar-refractivity contribution in [3.8, 4) is 0 Å². The zero-order chi connectivity index (χ0) is 7.84. The van der Waals surface area contributed by atoms with Crippen molar-refractivity contribution in [2.75, 3.05) is 0 Å². The highest BCUT2D eigenvalue weighted by Gasteiger charge is 2.15. The summed E-state index contributed by atoms with van der Waals surface area (Å²) < 4.78 is 0. The highest BCUT2D eigenvalue weighted by Crippen LogP contribution is 2.32. The highest BCUT2D eigenvalue weighted by molar-refractivity contribution is 6.33. The van der Waals surface area contributed by atoms with Crippen molar-refractivity contribution in [2.45, 2.75) is 6.54 Å². The smallest absolute Gasteiger partial charge is 0.218 e. The van der Waals surface area contributed by atoms with Crippen molar-refractivity contribution in [1.82, 2.24) is 9.97 Å². The molecule has 0 aliphatic carbocycles. The van der Waals surface area contributed by atoms with Crippen molar-refractivity contribution in [1.29, 1.82) is 0 Å². The van der Waals surface area contributed by atoms with Crippen LogP contribution in [0.2, 0.25) is 10.4 Å². The number of fused-ring (bicyclic) bond motifs is 1. The Bertz CT molecular complexity index is 335. The van der Waals surface area contributed by atoms with Gasteiger partial charge in [-0.3, -0.25) is 0 Å². The standard InChI is InChI=1S/C5H2Cl2N4/c6-4-3-2(1-8-11-3)9-5(7)10-4/h1H2. The van der Waals surface area contributed by atoms with E-state index in [1.54, 1.807) is 0 Å². The number of hydrogen-bond acceptors (Lipinski definition) is 4. The van der Waals surface area contributed by atoms with Crippen LogP contribution < -0.4 is 0 Å². The quantitative estimate of drug-likeness (QED) is 0.464. The zero-order valence-corrected chi connectivity index (χ0v) is 6.76. The summed E-state index contributed by atoms with van der Waals surface area (Å²) in [4.78, 5) is 7.61. The lowest BCUT2D eigenvalue weighted by molar-refractivity contribution is 0.985. The summed E-state index contributed by atoms with van der Waals surface area (Å²) in [5, 5.41) is 7.89. The monoisotopic (exact) mass is 188 g/mol. The fourth-order valence-corrected chi connectivity index (χ4v) is 1.28. The predicted octanol–water partition coefficient (Wildman–Crippen LogP) is 2.38. The van der Waals surface area contributed by atoms with Crippen LogP contribution in [0.15, 0.2) is 10.2 Å². The maximum atomic E-state index is 5.69. The summed E-state index contributed by atoms with van der Waals surface area (Å²) in [5.74, 6) is 0. The van der Waals surface area contributed by atoms with Gasteiger partial charge in [0.25, 0.3) is 0 Å². The van der Waals surface area contributed by atoms with Gasteiger partial charge in [0.15, 0.2) is 5.15 Å². The molecular weight excluding hydrogens is 187 g/mol. The molecule has 56 valence electrons. The predicted molar refractivity (Wildman–Crippen MR) is 40.3 cm³/mol. The van der Waals surface area contributed by atoms with Gasteiger partial charge in [-0.25, -0.2) is 9.97 Å². The molecule has 1 aliphatic heterocycles. The molecule has 0 fully saturated rings. The van der Waals surface area contributed by atoms with Crippen LogP contribution in [-0.2, 0) is 6.54 Å². The van der Waals surface area contributed by atoms with Gasteiger partial charge in [-0.15, -0.1) is 0 Å². The molecule has 0 saturated carbocycles. The summed E-state index contributed by atoms with van der Waals surface area (Å²) in [6.45, 7) is 0.442. The lowest BCUT2D eigenvalue weighted by Gasteiger charge is -1.95. The molecule has 2 heterocycles. The van der Waals surface area contributed by atoms with Gasteiger partial charge in [0.2, 0.25) is 5.28 Å². The van der Waals surface area contributed by atoms with E-state index in [0.717, 1.165) is 0 Å². The first-order valence-electron chi connectivity index (χ1n) is 2.87. The Morgan fingerprint density at radius 3 is 2.82 bits per heavy atom. The number of azo groups is 1. The summed E-state index contributed by atoms with van der Waals surface area (Å²) in [7, 11) is 0. The molecule has 0 saturated heterocycles. The molecule has 1 aromatic heterocycles. The molecule has 0 N–H and O–H groups in total. The molecule has 0 unspecified atom stereocenters. The average molecular weight is 189 g/mol. The van der Waals surface area contributed by atoms with Crippen LogP contribution >= 0.6 is 23.2 Å². The first-order chi connectivity index (χ1) is 5.27. The molecule has 1 aromatic rings.